The van der Waals surface area contributed by atoms with Crippen LogP contribution in [0, 0.1) is 5.92 Å². The minimum absolute atomic E-state index is 0.732. The molecule has 1 heterocycles. The summed E-state index contributed by atoms with van der Waals surface area (Å²) in [5, 5.41) is 7.89. The van der Waals surface area contributed by atoms with Crippen molar-refractivity contribution in [1.29, 1.82) is 0 Å². The Balaban J connectivity index is 2.21. The number of aryl methyl sites for hydroxylation is 2. The van der Waals surface area contributed by atoms with Crippen molar-refractivity contribution in [2.24, 2.45) is 13.0 Å². The maximum absolute atomic E-state index is 4.45. The second kappa shape index (κ2) is 8.09. The van der Waals surface area contributed by atoms with E-state index in [0.717, 1.165) is 38.3 Å². The molecule has 3 nitrogen and oxygen atoms in total. The lowest BCUT2D eigenvalue weighted by molar-refractivity contribution is 0.556. The van der Waals surface area contributed by atoms with Crippen LogP contribution in [0.1, 0.15) is 38.6 Å². The molecule has 1 rings (SSSR count). The van der Waals surface area contributed by atoms with Crippen LogP contribution in [-0.4, -0.2) is 22.9 Å². The highest BCUT2D eigenvalue weighted by molar-refractivity contribution is 5.13. The molecular weight excluding hydrogens is 222 g/mol. The normalized spacial score (nSPS) is 11.8. The molecule has 0 spiro atoms. The summed E-state index contributed by atoms with van der Waals surface area (Å²) >= 11 is 0. The highest BCUT2D eigenvalue weighted by atomic mass is 15.3. The molecule has 0 unspecified atom stereocenters. The van der Waals surface area contributed by atoms with E-state index in [-0.39, 0.29) is 0 Å². The molecule has 0 amide bonds. The molecule has 18 heavy (non-hydrogen) atoms. The van der Waals surface area contributed by atoms with Crippen molar-refractivity contribution >= 4 is 0 Å². The molecule has 1 aromatic rings. The van der Waals surface area contributed by atoms with Gasteiger partial charge in [-0.2, -0.15) is 5.10 Å². The van der Waals surface area contributed by atoms with Gasteiger partial charge in [0, 0.05) is 19.2 Å². The summed E-state index contributed by atoms with van der Waals surface area (Å²) in [4.78, 5) is 0. The van der Waals surface area contributed by atoms with Crippen LogP contribution in [0.25, 0.3) is 0 Å². The van der Waals surface area contributed by atoms with Crippen molar-refractivity contribution in [1.82, 2.24) is 15.1 Å². The summed E-state index contributed by atoms with van der Waals surface area (Å²) in [5.74, 6) is 0.732. The maximum atomic E-state index is 4.45. The maximum Gasteiger partial charge on any atom is 0.0624 e. The smallest absolute Gasteiger partial charge is 0.0624 e. The fraction of sp³-hybridized carbons (Fsp3) is 0.667. The van der Waals surface area contributed by atoms with Crippen LogP contribution >= 0.6 is 0 Å². The highest BCUT2D eigenvalue weighted by Crippen LogP contribution is 2.05. The fourth-order valence-electron chi connectivity index (χ4n) is 1.83. The predicted octanol–water partition coefficient (Wildman–Crippen LogP) is 2.72. The predicted molar refractivity (Wildman–Crippen MR) is 77.8 cm³/mol. The zero-order valence-electron chi connectivity index (χ0n) is 12.2. The summed E-state index contributed by atoms with van der Waals surface area (Å²) in [6, 6.07) is 2.20. The third kappa shape index (κ3) is 5.50. The summed E-state index contributed by atoms with van der Waals surface area (Å²) in [6.45, 7) is 8.78. The number of aromatic nitrogens is 2. The average Bonchev–Trinajstić information content (AvgIpc) is 2.68. The second-order valence-electron chi connectivity index (χ2n) is 5.17. The molecule has 0 aliphatic heterocycles. The van der Waals surface area contributed by atoms with Gasteiger partial charge in [-0.15, -0.1) is 0 Å². The molecule has 0 aliphatic carbocycles. The standard InChI is InChI=1S/C15H27N3/c1-5-14-11-15(18(4)17-14)9-7-6-8-10-16-12-13(2)3/h6-7,11,13,16H,5,8-10,12H2,1-4H3. The second-order valence-corrected chi connectivity index (χ2v) is 5.17. The topological polar surface area (TPSA) is 29.9 Å². The molecule has 0 atom stereocenters. The third-order valence-corrected chi connectivity index (χ3v) is 2.92. The minimum atomic E-state index is 0.732. The van der Waals surface area contributed by atoms with E-state index in [1.54, 1.807) is 0 Å². The van der Waals surface area contributed by atoms with E-state index in [4.69, 9.17) is 0 Å². The van der Waals surface area contributed by atoms with Gasteiger partial charge in [0.25, 0.3) is 0 Å². The van der Waals surface area contributed by atoms with Crippen LogP contribution in [0.2, 0.25) is 0 Å². The van der Waals surface area contributed by atoms with E-state index in [1.165, 1.54) is 11.4 Å². The molecule has 102 valence electrons. The molecule has 3 heteroatoms. The van der Waals surface area contributed by atoms with Crippen LogP contribution in [0.15, 0.2) is 18.2 Å². The van der Waals surface area contributed by atoms with E-state index >= 15 is 0 Å². The monoisotopic (exact) mass is 249 g/mol. The first-order chi connectivity index (χ1) is 8.63. The summed E-state index contributed by atoms with van der Waals surface area (Å²) in [7, 11) is 2.02. The van der Waals surface area contributed by atoms with Gasteiger partial charge < -0.3 is 5.32 Å². The molecule has 1 aromatic heterocycles. The summed E-state index contributed by atoms with van der Waals surface area (Å²) < 4.78 is 1.99. The molecule has 0 bridgehead atoms. The lowest BCUT2D eigenvalue weighted by Gasteiger charge is -2.04. The Bertz CT molecular complexity index is 364. The van der Waals surface area contributed by atoms with E-state index in [0.29, 0.717) is 0 Å². The first-order valence-electron chi connectivity index (χ1n) is 7.01. The first kappa shape index (κ1) is 15.0. The SMILES string of the molecule is CCc1cc(CC=CCCNCC(C)C)n(C)n1. The van der Waals surface area contributed by atoms with Gasteiger partial charge in [-0.05, 0) is 37.9 Å². The Hall–Kier alpha value is -1.09. The van der Waals surface area contributed by atoms with Crippen LogP contribution < -0.4 is 5.32 Å². The van der Waals surface area contributed by atoms with Crippen LogP contribution in [0.4, 0.5) is 0 Å². The lowest BCUT2D eigenvalue weighted by Crippen LogP contribution is -2.20. The van der Waals surface area contributed by atoms with Gasteiger partial charge in [-0.25, -0.2) is 0 Å². The van der Waals surface area contributed by atoms with Crippen molar-refractivity contribution < 1.29 is 0 Å². The molecular formula is C15H27N3. The average molecular weight is 249 g/mol. The minimum Gasteiger partial charge on any atom is -0.316 e. The van der Waals surface area contributed by atoms with Gasteiger partial charge in [0.15, 0.2) is 0 Å². The van der Waals surface area contributed by atoms with Gasteiger partial charge in [-0.3, -0.25) is 4.68 Å². The Morgan fingerprint density at radius 2 is 2.17 bits per heavy atom. The molecule has 0 aromatic carbocycles. The third-order valence-electron chi connectivity index (χ3n) is 2.92. The van der Waals surface area contributed by atoms with Crippen molar-refractivity contribution in [3.63, 3.8) is 0 Å². The largest absolute Gasteiger partial charge is 0.316 e. The van der Waals surface area contributed by atoms with E-state index in [2.05, 4.69) is 49.4 Å². The first-order valence-corrected chi connectivity index (χ1v) is 7.01. The number of hydrogen-bond donors (Lipinski definition) is 1. The zero-order valence-corrected chi connectivity index (χ0v) is 12.2. The van der Waals surface area contributed by atoms with E-state index < -0.39 is 0 Å². The highest BCUT2D eigenvalue weighted by Gasteiger charge is 2.00. The Labute approximate surface area is 111 Å². The molecule has 0 fully saturated rings. The van der Waals surface area contributed by atoms with Crippen LogP contribution in [0.3, 0.4) is 0 Å². The van der Waals surface area contributed by atoms with Crippen molar-refractivity contribution in [3.05, 3.63) is 29.6 Å². The van der Waals surface area contributed by atoms with Gasteiger partial charge in [0.05, 0.1) is 5.69 Å². The molecule has 1 N–H and O–H groups in total. The van der Waals surface area contributed by atoms with Crippen LogP contribution in [-0.2, 0) is 19.9 Å². The lowest BCUT2D eigenvalue weighted by atomic mass is 10.2. The van der Waals surface area contributed by atoms with Gasteiger partial charge in [0.1, 0.15) is 0 Å². The van der Waals surface area contributed by atoms with Gasteiger partial charge in [0.2, 0.25) is 0 Å². The number of nitrogens with one attached hydrogen (secondary N) is 1. The van der Waals surface area contributed by atoms with Crippen molar-refractivity contribution in [2.45, 2.75) is 40.0 Å². The van der Waals surface area contributed by atoms with E-state index in [1.807, 2.05) is 11.7 Å². The number of hydrogen-bond acceptors (Lipinski definition) is 2. The fourth-order valence-corrected chi connectivity index (χ4v) is 1.83. The van der Waals surface area contributed by atoms with Gasteiger partial charge >= 0.3 is 0 Å². The molecule has 0 radical (unpaired) electrons. The van der Waals surface area contributed by atoms with Crippen molar-refractivity contribution in [2.75, 3.05) is 13.1 Å². The van der Waals surface area contributed by atoms with Crippen molar-refractivity contribution in [3.8, 4) is 0 Å². The van der Waals surface area contributed by atoms with Gasteiger partial charge in [-0.1, -0.05) is 32.9 Å². The summed E-state index contributed by atoms with van der Waals surface area (Å²) in [5.41, 5.74) is 2.47. The molecule has 0 saturated carbocycles. The number of allylic oxidation sites excluding steroid dienone is 1. The number of rotatable bonds is 8. The molecule has 0 aliphatic rings. The van der Waals surface area contributed by atoms with Crippen LogP contribution in [0.5, 0.6) is 0 Å². The summed E-state index contributed by atoms with van der Waals surface area (Å²) in [6.07, 6.45) is 7.59. The van der Waals surface area contributed by atoms with E-state index in [9.17, 15) is 0 Å². The Morgan fingerprint density at radius 3 is 2.78 bits per heavy atom. The zero-order chi connectivity index (χ0) is 13.4. The molecule has 0 saturated heterocycles. The Morgan fingerprint density at radius 1 is 1.39 bits per heavy atom. The quantitative estimate of drug-likeness (QED) is 0.567. The Kier molecular flexibility index (Phi) is 6.73. The number of nitrogens with zero attached hydrogens (tertiary/aromatic N) is 2.